The molecule has 16 heavy (non-hydrogen) atoms. The standard InChI is InChI=1S/C11H12BrF2N.ClH/c1-10(11(13,14)6-7-15-10)8-4-2-3-5-9(8)12;/h2-5,15H,6-7H2,1H3;1H. The van der Waals surface area contributed by atoms with Crippen molar-refractivity contribution in [2.24, 2.45) is 0 Å². The predicted octanol–water partition coefficient (Wildman–Crippen LogP) is 3.71. The van der Waals surface area contributed by atoms with Crippen LogP contribution in [-0.4, -0.2) is 12.5 Å². The number of benzene rings is 1. The molecule has 1 aliphatic rings. The van der Waals surface area contributed by atoms with E-state index in [4.69, 9.17) is 0 Å². The van der Waals surface area contributed by atoms with Crippen LogP contribution < -0.4 is 5.32 Å². The average Bonchev–Trinajstić information content (AvgIpc) is 2.43. The first-order valence-corrected chi connectivity index (χ1v) is 5.64. The van der Waals surface area contributed by atoms with Crippen molar-refractivity contribution in [1.29, 1.82) is 0 Å². The third-order valence-electron chi connectivity index (χ3n) is 3.06. The normalized spacial score (nSPS) is 27.5. The summed E-state index contributed by atoms with van der Waals surface area (Å²) in [6.45, 7) is 1.91. The molecular weight excluding hydrogens is 299 g/mol. The van der Waals surface area contributed by atoms with Crippen molar-refractivity contribution in [3.8, 4) is 0 Å². The molecule has 1 atom stereocenters. The fourth-order valence-electron chi connectivity index (χ4n) is 2.01. The van der Waals surface area contributed by atoms with E-state index in [1.165, 1.54) is 0 Å². The summed E-state index contributed by atoms with van der Waals surface area (Å²) in [5.74, 6) is -2.70. The highest BCUT2D eigenvalue weighted by Gasteiger charge is 2.55. The second kappa shape index (κ2) is 4.59. The summed E-state index contributed by atoms with van der Waals surface area (Å²) in [6, 6.07) is 7.12. The van der Waals surface area contributed by atoms with Crippen molar-refractivity contribution in [2.75, 3.05) is 6.54 Å². The Balaban J connectivity index is 0.00000128. The molecule has 1 nitrogen and oxygen atoms in total. The molecule has 5 heteroatoms. The van der Waals surface area contributed by atoms with Crippen LogP contribution in [0.3, 0.4) is 0 Å². The first kappa shape index (κ1) is 13.9. The smallest absolute Gasteiger partial charge is 0.271 e. The van der Waals surface area contributed by atoms with Gasteiger partial charge < -0.3 is 5.32 Å². The van der Waals surface area contributed by atoms with Crippen LogP contribution in [0.4, 0.5) is 8.78 Å². The monoisotopic (exact) mass is 311 g/mol. The Morgan fingerprint density at radius 2 is 1.94 bits per heavy atom. The minimum atomic E-state index is -2.70. The molecule has 1 aromatic carbocycles. The highest BCUT2D eigenvalue weighted by atomic mass is 79.9. The van der Waals surface area contributed by atoms with Crippen LogP contribution in [0.15, 0.2) is 28.7 Å². The summed E-state index contributed by atoms with van der Waals surface area (Å²) >= 11 is 3.32. The van der Waals surface area contributed by atoms with Crippen LogP contribution in [-0.2, 0) is 5.54 Å². The Morgan fingerprint density at radius 1 is 1.31 bits per heavy atom. The first-order chi connectivity index (χ1) is 6.97. The van der Waals surface area contributed by atoms with Gasteiger partial charge in [-0.2, -0.15) is 0 Å². The van der Waals surface area contributed by atoms with E-state index in [1.54, 1.807) is 25.1 Å². The summed E-state index contributed by atoms with van der Waals surface area (Å²) in [4.78, 5) is 0. The van der Waals surface area contributed by atoms with Gasteiger partial charge in [-0.1, -0.05) is 34.1 Å². The molecule has 0 bridgehead atoms. The third-order valence-corrected chi connectivity index (χ3v) is 3.75. The maximum absolute atomic E-state index is 13.8. The zero-order chi connectivity index (χ0) is 11.1. The lowest BCUT2D eigenvalue weighted by atomic mass is 9.87. The van der Waals surface area contributed by atoms with E-state index in [0.29, 0.717) is 12.1 Å². The van der Waals surface area contributed by atoms with Crippen LogP contribution in [0.1, 0.15) is 18.9 Å². The molecule has 1 heterocycles. The van der Waals surface area contributed by atoms with Crippen molar-refractivity contribution in [3.63, 3.8) is 0 Å². The second-order valence-corrected chi connectivity index (χ2v) is 4.84. The van der Waals surface area contributed by atoms with Crippen LogP contribution >= 0.6 is 28.3 Å². The van der Waals surface area contributed by atoms with Gasteiger partial charge in [0, 0.05) is 17.4 Å². The largest absolute Gasteiger partial charge is 0.302 e. The number of halogens is 4. The van der Waals surface area contributed by atoms with Crippen LogP contribution in [0, 0.1) is 0 Å². The van der Waals surface area contributed by atoms with Crippen molar-refractivity contribution in [1.82, 2.24) is 5.32 Å². The van der Waals surface area contributed by atoms with Crippen molar-refractivity contribution in [2.45, 2.75) is 24.8 Å². The molecule has 1 unspecified atom stereocenters. The predicted molar refractivity (Wildman–Crippen MR) is 66.3 cm³/mol. The first-order valence-electron chi connectivity index (χ1n) is 4.85. The molecule has 0 radical (unpaired) electrons. The van der Waals surface area contributed by atoms with Crippen molar-refractivity contribution < 1.29 is 8.78 Å². The fourth-order valence-corrected chi connectivity index (χ4v) is 2.69. The Bertz CT molecular complexity index is 386. The van der Waals surface area contributed by atoms with Gasteiger partial charge in [0.15, 0.2) is 0 Å². The molecule has 0 saturated carbocycles. The SMILES string of the molecule is CC1(c2ccccc2Br)NCCC1(F)F.Cl. The lowest BCUT2D eigenvalue weighted by Crippen LogP contribution is -2.46. The van der Waals surface area contributed by atoms with Gasteiger partial charge in [-0.15, -0.1) is 12.4 Å². The van der Waals surface area contributed by atoms with E-state index in [-0.39, 0.29) is 18.8 Å². The van der Waals surface area contributed by atoms with Crippen LogP contribution in [0.5, 0.6) is 0 Å². The Kier molecular flexibility index (Phi) is 3.98. The van der Waals surface area contributed by atoms with E-state index < -0.39 is 11.5 Å². The number of alkyl halides is 2. The number of hydrogen-bond acceptors (Lipinski definition) is 1. The van der Waals surface area contributed by atoms with E-state index in [2.05, 4.69) is 21.2 Å². The molecule has 1 saturated heterocycles. The van der Waals surface area contributed by atoms with Gasteiger partial charge in [0.05, 0.1) is 0 Å². The Hall–Kier alpha value is -0.190. The highest BCUT2D eigenvalue weighted by Crippen LogP contribution is 2.45. The van der Waals surface area contributed by atoms with E-state index in [1.807, 2.05) is 6.07 Å². The number of hydrogen-bond donors (Lipinski definition) is 1. The summed E-state index contributed by atoms with van der Waals surface area (Å²) in [5.41, 5.74) is -0.639. The second-order valence-electron chi connectivity index (χ2n) is 3.99. The lowest BCUT2D eigenvalue weighted by molar-refractivity contribution is -0.0562. The Labute approximate surface area is 108 Å². The molecular formula is C11H13BrClF2N. The topological polar surface area (TPSA) is 12.0 Å². The molecule has 0 aliphatic carbocycles. The zero-order valence-corrected chi connectivity index (χ0v) is 11.2. The van der Waals surface area contributed by atoms with Gasteiger partial charge in [-0.05, 0) is 18.6 Å². The molecule has 0 spiro atoms. The Morgan fingerprint density at radius 3 is 2.44 bits per heavy atom. The zero-order valence-electron chi connectivity index (χ0n) is 8.77. The van der Waals surface area contributed by atoms with Gasteiger partial charge in [0.25, 0.3) is 5.92 Å². The van der Waals surface area contributed by atoms with Crippen LogP contribution in [0.2, 0.25) is 0 Å². The molecule has 1 fully saturated rings. The van der Waals surface area contributed by atoms with Gasteiger partial charge in [-0.3, -0.25) is 0 Å². The van der Waals surface area contributed by atoms with Gasteiger partial charge >= 0.3 is 0 Å². The van der Waals surface area contributed by atoms with E-state index in [9.17, 15) is 8.78 Å². The molecule has 1 aliphatic heterocycles. The summed E-state index contributed by atoms with van der Waals surface area (Å²) in [5, 5.41) is 2.90. The number of nitrogens with one attached hydrogen (secondary N) is 1. The van der Waals surface area contributed by atoms with Gasteiger partial charge in [0.2, 0.25) is 0 Å². The van der Waals surface area contributed by atoms with Crippen molar-refractivity contribution in [3.05, 3.63) is 34.3 Å². The summed E-state index contributed by atoms with van der Waals surface area (Å²) < 4.78 is 28.3. The fraction of sp³-hybridized carbons (Fsp3) is 0.455. The van der Waals surface area contributed by atoms with Crippen molar-refractivity contribution >= 4 is 28.3 Å². The highest BCUT2D eigenvalue weighted by molar-refractivity contribution is 9.10. The van der Waals surface area contributed by atoms with E-state index in [0.717, 1.165) is 4.47 Å². The summed E-state index contributed by atoms with van der Waals surface area (Å²) in [6.07, 6.45) is -0.106. The summed E-state index contributed by atoms with van der Waals surface area (Å²) in [7, 11) is 0. The lowest BCUT2D eigenvalue weighted by Gasteiger charge is -2.32. The van der Waals surface area contributed by atoms with Gasteiger partial charge in [-0.25, -0.2) is 8.78 Å². The maximum Gasteiger partial charge on any atom is 0.271 e. The molecule has 2 rings (SSSR count). The molecule has 90 valence electrons. The minimum absolute atomic E-state index is 0. The van der Waals surface area contributed by atoms with Crippen LogP contribution in [0.25, 0.3) is 0 Å². The molecule has 0 amide bonds. The minimum Gasteiger partial charge on any atom is -0.302 e. The molecule has 1 aromatic rings. The van der Waals surface area contributed by atoms with E-state index >= 15 is 0 Å². The third kappa shape index (κ3) is 1.98. The number of rotatable bonds is 1. The molecule has 0 aromatic heterocycles. The average molecular weight is 313 g/mol. The maximum atomic E-state index is 13.8. The molecule has 1 N–H and O–H groups in total. The van der Waals surface area contributed by atoms with Gasteiger partial charge in [0.1, 0.15) is 5.54 Å². The quantitative estimate of drug-likeness (QED) is 0.833.